The lowest BCUT2D eigenvalue weighted by Crippen LogP contribution is -2.64. The molecule has 14 N–H and O–H groups in total. The van der Waals surface area contributed by atoms with Crippen molar-refractivity contribution < 1.29 is 136 Å². The third-order valence-corrected chi connectivity index (χ3v) is 14.2. The molecule has 17 atom stereocenters. The number of hydrogen-bond acceptors (Lipinski definition) is 28. The van der Waals surface area contributed by atoms with Crippen LogP contribution in [0.1, 0.15) is 91.4 Å². The third kappa shape index (κ3) is 28.4. The molecule has 0 aromatic carbocycles. The minimum Gasteiger partial charge on any atom is -0.394 e. The molecule has 88 heavy (non-hydrogen) atoms. The van der Waals surface area contributed by atoms with Gasteiger partial charge in [0.15, 0.2) is 30.4 Å². The molecule has 5 amide bonds. The number of Topliss-reactive ketones (excluding diaryl/α,β-unsaturated/α-hetero) is 3. The number of nitrogens with one attached hydrogen (secondary N) is 5. The molecule has 33 heteroatoms. The molecule has 3 saturated heterocycles. The zero-order valence-electron chi connectivity index (χ0n) is 50.5. The summed E-state index contributed by atoms with van der Waals surface area (Å²) >= 11 is 0. The van der Waals surface area contributed by atoms with Gasteiger partial charge in [-0.1, -0.05) is 0 Å². The topological polar surface area (TPSA) is 480 Å². The minimum atomic E-state index is -1.52. The minimum absolute atomic E-state index is 0.00289. The van der Waals surface area contributed by atoms with E-state index in [1.165, 1.54) is 27.9 Å². The standard InChI is InChI=1S/C55H95N5O28/c1-31(64)56-44-50(75)47(72)39(28-61)86-53(44)83-25-22-79-16-5-8-34(67)11-12-35(37(68)9-6-17-80-23-26-84-54-45(57-32(2)65)51(76)48(73)40(29-62)87-54)59-42(70)14-13-36(60-43(71)15-19-82-21-20-78-4)38(69)10-7-18-81-24-27-85-55-46(58-33(3)66)52(77)49(74)41(30-63)88-55/h35-36,39-41,44-55,61-63,72-77H,5-30H2,1-4H3,(H,56,64)(H,57,65)(H,58,66)(H,59,70)(H,60,71). The molecule has 0 aliphatic carbocycles. The average molecular weight is 1270 g/mol. The highest BCUT2D eigenvalue weighted by atomic mass is 16.7. The Morgan fingerprint density at radius 3 is 1.08 bits per heavy atom. The Balaban J connectivity index is 1.59. The van der Waals surface area contributed by atoms with Crippen LogP contribution in [0.15, 0.2) is 0 Å². The van der Waals surface area contributed by atoms with Crippen molar-refractivity contribution in [2.75, 3.05) is 106 Å². The number of carbonyl (C=O) groups is 8. The van der Waals surface area contributed by atoms with E-state index in [1.54, 1.807) is 0 Å². The number of rotatable bonds is 46. The van der Waals surface area contributed by atoms with Crippen LogP contribution >= 0.6 is 0 Å². The second kappa shape index (κ2) is 43.3. The third-order valence-electron chi connectivity index (χ3n) is 14.2. The van der Waals surface area contributed by atoms with Crippen molar-refractivity contribution in [1.29, 1.82) is 0 Å². The van der Waals surface area contributed by atoms with E-state index in [-0.39, 0.29) is 156 Å². The number of carbonyl (C=O) groups excluding carboxylic acids is 8. The van der Waals surface area contributed by atoms with Gasteiger partial charge in [-0.25, -0.2) is 0 Å². The molecule has 3 aliphatic heterocycles. The van der Waals surface area contributed by atoms with E-state index < -0.39 is 165 Å². The van der Waals surface area contributed by atoms with Gasteiger partial charge >= 0.3 is 0 Å². The number of aliphatic hydroxyl groups excluding tert-OH is 9. The highest BCUT2D eigenvalue weighted by molar-refractivity contribution is 5.91. The Morgan fingerprint density at radius 2 is 0.727 bits per heavy atom. The molecule has 508 valence electrons. The summed E-state index contributed by atoms with van der Waals surface area (Å²) in [5.41, 5.74) is 0. The van der Waals surface area contributed by atoms with Gasteiger partial charge in [0.25, 0.3) is 0 Å². The second-order valence-electron chi connectivity index (χ2n) is 21.2. The van der Waals surface area contributed by atoms with Crippen molar-refractivity contribution in [2.24, 2.45) is 0 Å². The first-order chi connectivity index (χ1) is 42.1. The summed E-state index contributed by atoms with van der Waals surface area (Å²) in [4.78, 5) is 103. The van der Waals surface area contributed by atoms with Gasteiger partial charge in [-0.3, -0.25) is 38.4 Å². The lowest BCUT2D eigenvalue weighted by Gasteiger charge is -2.42. The fraction of sp³-hybridized carbons (Fsp3) is 0.855. The summed E-state index contributed by atoms with van der Waals surface area (Å²) < 4.78 is 60.8. The van der Waals surface area contributed by atoms with E-state index in [1.807, 2.05) is 0 Å². The maximum Gasteiger partial charge on any atom is 0.222 e. The Bertz CT molecular complexity index is 2090. The number of hydrogen-bond donors (Lipinski definition) is 14. The summed E-state index contributed by atoms with van der Waals surface area (Å²) in [6.45, 7) is 1.95. The lowest BCUT2D eigenvalue weighted by molar-refractivity contribution is -0.272. The zero-order valence-corrected chi connectivity index (χ0v) is 50.5. The van der Waals surface area contributed by atoms with Gasteiger partial charge in [-0.2, -0.15) is 0 Å². The first kappa shape index (κ1) is 77.8. The number of amides is 5. The van der Waals surface area contributed by atoms with Crippen LogP contribution in [0.4, 0.5) is 0 Å². The highest BCUT2D eigenvalue weighted by Crippen LogP contribution is 2.25. The molecule has 17 unspecified atom stereocenters. The number of ether oxygens (including phenoxy) is 11. The van der Waals surface area contributed by atoms with Crippen LogP contribution in [0, 0.1) is 0 Å². The Labute approximate surface area is 510 Å². The normalized spacial score (nSPS) is 27.8. The summed E-state index contributed by atoms with van der Waals surface area (Å²) in [6.07, 6.45) is -16.8. The van der Waals surface area contributed by atoms with Gasteiger partial charge < -0.3 is 125 Å². The predicted octanol–water partition coefficient (Wildman–Crippen LogP) is -6.45. The van der Waals surface area contributed by atoms with Crippen molar-refractivity contribution >= 4 is 46.9 Å². The maximum atomic E-state index is 13.8. The molecule has 33 nitrogen and oxygen atoms in total. The van der Waals surface area contributed by atoms with Crippen molar-refractivity contribution in [3.05, 3.63) is 0 Å². The van der Waals surface area contributed by atoms with E-state index in [4.69, 9.17) is 52.1 Å². The number of aliphatic hydroxyl groups is 9. The molecular weight excluding hydrogens is 1180 g/mol. The quantitative estimate of drug-likeness (QED) is 0.0252. The SMILES string of the molecule is COCCOCCC(=O)NC(CCC(=O)NC(CCC(=O)CCCOCCOC1OC(CO)C(O)C(O)C1NC(C)=O)C(=O)CCCOCCOC1OC(CO)C(O)C(O)C1NC(C)=O)C(=O)CCCOCCOC1OC(CO)C(O)C(O)C1NC(C)=O. The van der Waals surface area contributed by atoms with Gasteiger partial charge in [0.05, 0.1) is 91.4 Å². The van der Waals surface area contributed by atoms with Crippen LogP contribution < -0.4 is 26.6 Å². The van der Waals surface area contributed by atoms with Crippen molar-refractivity contribution in [2.45, 2.75) is 195 Å². The summed E-state index contributed by atoms with van der Waals surface area (Å²) in [5.74, 6) is -3.93. The van der Waals surface area contributed by atoms with E-state index in [2.05, 4.69) is 26.6 Å². The van der Waals surface area contributed by atoms with E-state index >= 15 is 0 Å². The van der Waals surface area contributed by atoms with Gasteiger partial charge in [-0.15, -0.1) is 0 Å². The fourth-order valence-electron chi connectivity index (χ4n) is 9.51. The molecule has 0 saturated carbocycles. The Morgan fingerprint density at radius 1 is 0.398 bits per heavy atom. The second-order valence-corrected chi connectivity index (χ2v) is 21.2. The van der Waals surface area contributed by atoms with E-state index in [9.17, 15) is 84.3 Å². The average Bonchev–Trinajstić information content (AvgIpc) is 1.13. The molecule has 3 rings (SSSR count). The van der Waals surface area contributed by atoms with Gasteiger partial charge in [0.2, 0.25) is 29.5 Å². The van der Waals surface area contributed by atoms with Crippen molar-refractivity contribution in [3.8, 4) is 0 Å². The molecular formula is C55H95N5O28. The monoisotopic (exact) mass is 1270 g/mol. The summed E-state index contributed by atoms with van der Waals surface area (Å²) in [6, 6.07) is -5.79. The fourth-order valence-corrected chi connectivity index (χ4v) is 9.51. The molecule has 0 aromatic heterocycles. The van der Waals surface area contributed by atoms with Crippen LogP contribution in [-0.2, 0) is 90.5 Å². The van der Waals surface area contributed by atoms with E-state index in [0.29, 0.717) is 0 Å². The first-order valence-electron chi connectivity index (χ1n) is 29.6. The molecule has 3 heterocycles. The molecule has 0 spiro atoms. The summed E-state index contributed by atoms with van der Waals surface area (Å²) in [7, 11) is 1.49. The molecule has 3 fully saturated rings. The molecule has 3 aliphatic rings. The maximum absolute atomic E-state index is 13.8. The lowest BCUT2D eigenvalue weighted by atomic mass is 9.97. The van der Waals surface area contributed by atoms with Crippen LogP contribution in [0.2, 0.25) is 0 Å². The van der Waals surface area contributed by atoms with Crippen molar-refractivity contribution in [1.82, 2.24) is 26.6 Å². The zero-order chi connectivity index (χ0) is 65.1. The Kier molecular flexibility index (Phi) is 38.3. The van der Waals surface area contributed by atoms with E-state index in [0.717, 1.165) is 0 Å². The van der Waals surface area contributed by atoms with Crippen LogP contribution in [-0.4, -0.2) is 303 Å². The molecule has 0 bridgehead atoms. The van der Waals surface area contributed by atoms with Gasteiger partial charge in [0.1, 0.15) is 78.8 Å². The smallest absolute Gasteiger partial charge is 0.222 e. The molecule has 0 radical (unpaired) electrons. The number of ketones is 3. The van der Waals surface area contributed by atoms with Crippen LogP contribution in [0.3, 0.4) is 0 Å². The highest BCUT2D eigenvalue weighted by Gasteiger charge is 2.48. The van der Waals surface area contributed by atoms with Crippen molar-refractivity contribution in [3.63, 3.8) is 0 Å². The van der Waals surface area contributed by atoms with Gasteiger partial charge in [0, 0.05) is 86.2 Å². The molecule has 0 aromatic rings. The van der Waals surface area contributed by atoms with Gasteiger partial charge in [-0.05, 0) is 32.1 Å². The Hall–Kier alpha value is -4.44. The number of methoxy groups -OCH3 is 1. The van der Waals surface area contributed by atoms with Crippen LogP contribution in [0.25, 0.3) is 0 Å². The first-order valence-corrected chi connectivity index (χ1v) is 29.6. The largest absolute Gasteiger partial charge is 0.394 e. The summed E-state index contributed by atoms with van der Waals surface area (Å²) in [5, 5.41) is 104. The van der Waals surface area contributed by atoms with Crippen LogP contribution in [0.5, 0.6) is 0 Å². The predicted molar refractivity (Wildman–Crippen MR) is 299 cm³/mol.